The molecule has 0 saturated carbocycles. The smallest absolute Gasteiger partial charge is 0.329 e. The second kappa shape index (κ2) is 8.59. The lowest BCUT2D eigenvalue weighted by Gasteiger charge is -2.19. The SMILES string of the molecule is CCOC(=O)C(C)N1C(=O)S/C(=C/c2cc(Br)c(O)c(OCC)c2)C1=O. The summed E-state index contributed by atoms with van der Waals surface area (Å²) in [6.45, 7) is 5.40. The Bertz CT molecular complexity index is 779. The van der Waals surface area contributed by atoms with Gasteiger partial charge in [0.05, 0.1) is 22.6 Å². The van der Waals surface area contributed by atoms with E-state index < -0.39 is 23.2 Å². The lowest BCUT2D eigenvalue weighted by Crippen LogP contribution is -2.42. The lowest BCUT2D eigenvalue weighted by atomic mass is 10.1. The lowest BCUT2D eigenvalue weighted by molar-refractivity contribution is -0.150. The molecule has 1 aliphatic rings. The van der Waals surface area contributed by atoms with E-state index in [0.29, 0.717) is 16.6 Å². The number of aromatic hydroxyl groups is 1. The average Bonchev–Trinajstić information content (AvgIpc) is 2.85. The molecule has 0 bridgehead atoms. The summed E-state index contributed by atoms with van der Waals surface area (Å²) < 4.78 is 10.6. The van der Waals surface area contributed by atoms with E-state index in [1.807, 2.05) is 0 Å². The molecule has 1 fully saturated rings. The van der Waals surface area contributed by atoms with Crippen LogP contribution < -0.4 is 4.74 Å². The Morgan fingerprint density at radius 1 is 1.35 bits per heavy atom. The summed E-state index contributed by atoms with van der Waals surface area (Å²) in [5.74, 6) is -0.995. The quantitative estimate of drug-likeness (QED) is 0.530. The first kappa shape index (κ1) is 20.3. The van der Waals surface area contributed by atoms with E-state index >= 15 is 0 Å². The zero-order valence-corrected chi connectivity index (χ0v) is 16.8. The Balaban J connectivity index is 2.31. The van der Waals surface area contributed by atoms with Gasteiger partial charge in [0, 0.05) is 0 Å². The van der Waals surface area contributed by atoms with E-state index in [9.17, 15) is 19.5 Å². The van der Waals surface area contributed by atoms with Crippen molar-refractivity contribution in [1.29, 1.82) is 0 Å². The van der Waals surface area contributed by atoms with Crippen LogP contribution in [0.15, 0.2) is 21.5 Å². The van der Waals surface area contributed by atoms with Crippen molar-refractivity contribution in [1.82, 2.24) is 4.90 Å². The topological polar surface area (TPSA) is 93.1 Å². The second-order valence-corrected chi connectivity index (χ2v) is 7.11. The predicted molar refractivity (Wildman–Crippen MR) is 101 cm³/mol. The molecular formula is C17H18BrNO6S. The van der Waals surface area contributed by atoms with Gasteiger partial charge >= 0.3 is 5.97 Å². The average molecular weight is 444 g/mol. The summed E-state index contributed by atoms with van der Waals surface area (Å²) >= 11 is 3.97. The van der Waals surface area contributed by atoms with Crippen molar-refractivity contribution < 1.29 is 29.0 Å². The van der Waals surface area contributed by atoms with Gasteiger partial charge in [-0.1, -0.05) is 0 Å². The van der Waals surface area contributed by atoms with Gasteiger partial charge in [-0.25, -0.2) is 4.79 Å². The fourth-order valence-corrected chi connectivity index (χ4v) is 3.64. The molecule has 1 aromatic rings. The van der Waals surface area contributed by atoms with Crippen LogP contribution >= 0.6 is 27.7 Å². The zero-order valence-electron chi connectivity index (χ0n) is 14.4. The van der Waals surface area contributed by atoms with Crippen LogP contribution in [0.5, 0.6) is 11.5 Å². The number of phenols is 1. The summed E-state index contributed by atoms with van der Waals surface area (Å²) in [7, 11) is 0. The van der Waals surface area contributed by atoms with Gasteiger partial charge in [-0.2, -0.15) is 0 Å². The Kier molecular flexibility index (Phi) is 6.71. The van der Waals surface area contributed by atoms with Gasteiger partial charge in [-0.05, 0) is 72.2 Å². The number of hydrogen-bond acceptors (Lipinski definition) is 7. The second-order valence-electron chi connectivity index (χ2n) is 5.26. The van der Waals surface area contributed by atoms with Crippen molar-refractivity contribution in [2.75, 3.05) is 13.2 Å². The largest absolute Gasteiger partial charge is 0.503 e. The minimum absolute atomic E-state index is 0.0481. The molecule has 9 heteroatoms. The predicted octanol–water partition coefficient (Wildman–Crippen LogP) is 3.54. The molecule has 1 heterocycles. The highest BCUT2D eigenvalue weighted by Crippen LogP contribution is 2.38. The van der Waals surface area contributed by atoms with Crippen LogP contribution in [-0.4, -0.2) is 46.4 Å². The van der Waals surface area contributed by atoms with Gasteiger partial charge in [0.25, 0.3) is 11.1 Å². The van der Waals surface area contributed by atoms with E-state index in [1.54, 1.807) is 26.0 Å². The van der Waals surface area contributed by atoms with Crippen LogP contribution in [0.3, 0.4) is 0 Å². The molecule has 0 radical (unpaired) electrons. The molecule has 2 amide bonds. The monoisotopic (exact) mass is 443 g/mol. The summed E-state index contributed by atoms with van der Waals surface area (Å²) in [5.41, 5.74) is 0.562. The van der Waals surface area contributed by atoms with Gasteiger partial charge in [0.15, 0.2) is 11.5 Å². The van der Waals surface area contributed by atoms with Crippen molar-refractivity contribution in [3.63, 3.8) is 0 Å². The van der Waals surface area contributed by atoms with Crippen molar-refractivity contribution in [3.05, 3.63) is 27.1 Å². The highest BCUT2D eigenvalue weighted by atomic mass is 79.9. The number of carbonyl (C=O) groups excluding carboxylic acids is 3. The fraction of sp³-hybridized carbons (Fsp3) is 0.353. The number of halogens is 1. The molecule has 1 N–H and O–H groups in total. The van der Waals surface area contributed by atoms with Gasteiger partial charge in [0.1, 0.15) is 6.04 Å². The Hall–Kier alpha value is -2.00. The maximum Gasteiger partial charge on any atom is 0.329 e. The first-order valence-electron chi connectivity index (χ1n) is 7.89. The summed E-state index contributed by atoms with van der Waals surface area (Å²) in [6, 6.07) is 2.16. The van der Waals surface area contributed by atoms with Crippen LogP contribution in [0.2, 0.25) is 0 Å². The maximum absolute atomic E-state index is 12.5. The molecule has 0 spiro atoms. The van der Waals surface area contributed by atoms with Crippen molar-refractivity contribution in [3.8, 4) is 11.5 Å². The minimum atomic E-state index is -1.00. The molecule has 2 rings (SSSR count). The number of carbonyl (C=O) groups is 3. The Morgan fingerprint density at radius 3 is 2.65 bits per heavy atom. The van der Waals surface area contributed by atoms with E-state index in [4.69, 9.17) is 9.47 Å². The number of ether oxygens (including phenoxy) is 2. The first-order valence-corrected chi connectivity index (χ1v) is 9.50. The molecule has 0 aromatic heterocycles. The fourth-order valence-electron chi connectivity index (χ4n) is 2.28. The third-order valence-electron chi connectivity index (χ3n) is 3.49. The molecule has 1 atom stereocenters. The Labute approximate surface area is 163 Å². The molecule has 1 unspecified atom stereocenters. The minimum Gasteiger partial charge on any atom is -0.503 e. The third-order valence-corrected chi connectivity index (χ3v) is 4.98. The van der Waals surface area contributed by atoms with Crippen molar-refractivity contribution in [2.24, 2.45) is 0 Å². The highest BCUT2D eigenvalue weighted by Gasteiger charge is 2.41. The number of rotatable bonds is 6. The number of hydrogen-bond donors (Lipinski definition) is 1. The first-order chi connectivity index (χ1) is 12.3. The van der Waals surface area contributed by atoms with Crippen LogP contribution in [-0.2, 0) is 14.3 Å². The number of amides is 2. The molecule has 7 nitrogen and oxygen atoms in total. The van der Waals surface area contributed by atoms with E-state index in [2.05, 4.69) is 15.9 Å². The number of benzene rings is 1. The van der Waals surface area contributed by atoms with Crippen LogP contribution in [0.4, 0.5) is 4.79 Å². The molecular weight excluding hydrogens is 426 g/mol. The van der Waals surface area contributed by atoms with Crippen molar-refractivity contribution >= 4 is 50.9 Å². The number of imide groups is 1. The maximum atomic E-state index is 12.5. The van der Waals surface area contributed by atoms with Gasteiger partial charge in [-0.3, -0.25) is 14.5 Å². The highest BCUT2D eigenvalue weighted by molar-refractivity contribution is 9.10. The Morgan fingerprint density at radius 2 is 2.04 bits per heavy atom. The number of phenolic OH excluding ortho intramolecular Hbond substituents is 1. The molecule has 1 aliphatic heterocycles. The van der Waals surface area contributed by atoms with Crippen LogP contribution in [0, 0.1) is 0 Å². The number of esters is 1. The standard InChI is InChI=1S/C17H18BrNO6S/c1-4-24-12-7-10(6-11(18)14(12)20)8-13-15(21)19(17(23)26-13)9(3)16(22)25-5-2/h6-9,20H,4-5H2,1-3H3/b13-8+. The van der Waals surface area contributed by atoms with Crippen LogP contribution in [0.1, 0.15) is 26.3 Å². The summed E-state index contributed by atoms with van der Waals surface area (Å²) in [5, 5.41) is 9.42. The van der Waals surface area contributed by atoms with Gasteiger partial charge in [-0.15, -0.1) is 0 Å². The van der Waals surface area contributed by atoms with Crippen molar-refractivity contribution in [2.45, 2.75) is 26.8 Å². The molecule has 1 aromatic carbocycles. The summed E-state index contributed by atoms with van der Waals surface area (Å²) in [4.78, 5) is 37.6. The molecule has 140 valence electrons. The third kappa shape index (κ3) is 4.21. The summed E-state index contributed by atoms with van der Waals surface area (Å²) in [6.07, 6.45) is 1.51. The van der Waals surface area contributed by atoms with Gasteiger partial charge in [0.2, 0.25) is 0 Å². The molecule has 26 heavy (non-hydrogen) atoms. The van der Waals surface area contributed by atoms with E-state index in [0.717, 1.165) is 16.7 Å². The van der Waals surface area contributed by atoms with Crippen LogP contribution in [0.25, 0.3) is 6.08 Å². The normalized spacial score (nSPS) is 16.9. The molecule has 1 saturated heterocycles. The number of nitrogens with zero attached hydrogens (tertiary/aromatic N) is 1. The molecule has 0 aliphatic carbocycles. The zero-order chi connectivity index (χ0) is 19.4. The number of thioether (sulfide) groups is 1. The van der Waals surface area contributed by atoms with E-state index in [1.165, 1.54) is 13.0 Å². The van der Waals surface area contributed by atoms with E-state index in [-0.39, 0.29) is 23.0 Å². The van der Waals surface area contributed by atoms with Gasteiger partial charge < -0.3 is 14.6 Å².